The van der Waals surface area contributed by atoms with Crippen molar-refractivity contribution in [2.75, 3.05) is 0 Å². The summed E-state index contributed by atoms with van der Waals surface area (Å²) >= 11 is 0. The summed E-state index contributed by atoms with van der Waals surface area (Å²) in [7, 11) is 0. The first-order valence-electron chi connectivity index (χ1n) is 9.89. The molecule has 0 saturated heterocycles. The van der Waals surface area contributed by atoms with Crippen LogP contribution in [0.1, 0.15) is 63.9 Å². The molecular weight excluding hydrogens is 385 g/mol. The maximum Gasteiger partial charge on any atom is 0.287 e. The van der Waals surface area contributed by atoms with Crippen LogP contribution in [0.4, 0.5) is 4.39 Å². The Balaban J connectivity index is 1.50. The zero-order valence-electron chi connectivity index (χ0n) is 17.5. The molecule has 1 N–H and O–H groups in total. The van der Waals surface area contributed by atoms with Crippen molar-refractivity contribution < 1.29 is 18.4 Å². The fourth-order valence-corrected chi connectivity index (χ4v) is 4.05. The molecule has 4 rings (SSSR count). The SMILES string of the molecule is Cc1c(C(=O)NCc2ccc(-n3ccnc3C)c(F)c2)oc2c1C(=O)CC(C)(C)C2. The number of amides is 1. The molecule has 0 bridgehead atoms. The average Bonchev–Trinajstić information content (AvgIpc) is 3.22. The highest BCUT2D eigenvalue weighted by Gasteiger charge is 2.37. The molecule has 1 aromatic carbocycles. The predicted molar refractivity (Wildman–Crippen MR) is 109 cm³/mol. The minimum Gasteiger partial charge on any atom is -0.455 e. The van der Waals surface area contributed by atoms with Gasteiger partial charge in [0, 0.05) is 37.3 Å². The van der Waals surface area contributed by atoms with E-state index in [-0.39, 0.29) is 23.5 Å². The third kappa shape index (κ3) is 3.56. The second kappa shape index (κ2) is 7.23. The van der Waals surface area contributed by atoms with Crippen LogP contribution in [-0.2, 0) is 13.0 Å². The van der Waals surface area contributed by atoms with Crippen molar-refractivity contribution in [1.82, 2.24) is 14.9 Å². The quantitative estimate of drug-likeness (QED) is 0.697. The number of rotatable bonds is 4. The molecule has 0 unspecified atom stereocenters. The van der Waals surface area contributed by atoms with E-state index in [0.717, 1.165) is 0 Å². The molecule has 0 radical (unpaired) electrons. The molecule has 156 valence electrons. The molecule has 6 nitrogen and oxygen atoms in total. The predicted octanol–water partition coefficient (Wildman–Crippen LogP) is 4.31. The van der Waals surface area contributed by atoms with Crippen LogP contribution in [0.2, 0.25) is 0 Å². The summed E-state index contributed by atoms with van der Waals surface area (Å²) in [5, 5.41) is 2.76. The van der Waals surface area contributed by atoms with Crippen LogP contribution < -0.4 is 5.32 Å². The van der Waals surface area contributed by atoms with Gasteiger partial charge in [-0.3, -0.25) is 9.59 Å². The van der Waals surface area contributed by atoms with Gasteiger partial charge in [-0.05, 0) is 37.0 Å². The van der Waals surface area contributed by atoms with Gasteiger partial charge in [0.2, 0.25) is 0 Å². The summed E-state index contributed by atoms with van der Waals surface area (Å²) in [5.74, 6) is 0.601. The monoisotopic (exact) mass is 409 g/mol. The number of fused-ring (bicyclic) bond motifs is 1. The lowest BCUT2D eigenvalue weighted by Gasteiger charge is -2.27. The van der Waals surface area contributed by atoms with E-state index in [2.05, 4.69) is 10.3 Å². The van der Waals surface area contributed by atoms with Gasteiger partial charge in [0.25, 0.3) is 5.91 Å². The lowest BCUT2D eigenvalue weighted by atomic mass is 9.76. The number of nitrogens with one attached hydrogen (secondary N) is 1. The molecule has 0 spiro atoms. The number of halogens is 1. The average molecular weight is 409 g/mol. The van der Waals surface area contributed by atoms with E-state index in [1.807, 2.05) is 13.8 Å². The largest absolute Gasteiger partial charge is 0.455 e. The van der Waals surface area contributed by atoms with Crippen molar-refractivity contribution in [1.29, 1.82) is 0 Å². The van der Waals surface area contributed by atoms with E-state index >= 15 is 0 Å². The molecule has 0 aliphatic heterocycles. The van der Waals surface area contributed by atoms with Crippen molar-refractivity contribution in [3.8, 4) is 5.69 Å². The van der Waals surface area contributed by atoms with Crippen molar-refractivity contribution >= 4 is 11.7 Å². The highest BCUT2D eigenvalue weighted by molar-refractivity contribution is 6.03. The summed E-state index contributed by atoms with van der Waals surface area (Å²) in [6.07, 6.45) is 4.35. The number of furan rings is 1. The third-order valence-corrected chi connectivity index (χ3v) is 5.53. The number of aromatic nitrogens is 2. The maximum atomic E-state index is 14.6. The van der Waals surface area contributed by atoms with Crippen LogP contribution in [-0.4, -0.2) is 21.2 Å². The Labute approximate surface area is 174 Å². The fraction of sp³-hybridized carbons (Fsp3) is 0.348. The van der Waals surface area contributed by atoms with E-state index in [0.29, 0.717) is 46.8 Å². The lowest BCUT2D eigenvalue weighted by Crippen LogP contribution is -2.26. The number of nitrogens with zero attached hydrogens (tertiary/aromatic N) is 2. The number of imidazole rings is 1. The molecule has 0 atom stereocenters. The van der Waals surface area contributed by atoms with Gasteiger partial charge in [-0.25, -0.2) is 9.37 Å². The third-order valence-electron chi connectivity index (χ3n) is 5.53. The number of hydrogen-bond donors (Lipinski definition) is 1. The summed E-state index contributed by atoms with van der Waals surface area (Å²) in [6, 6.07) is 4.80. The zero-order chi connectivity index (χ0) is 21.6. The van der Waals surface area contributed by atoms with Crippen LogP contribution in [0.15, 0.2) is 35.0 Å². The van der Waals surface area contributed by atoms with Crippen molar-refractivity contribution in [2.45, 2.75) is 47.1 Å². The number of Topliss-reactive ketones (excluding diaryl/α,β-unsaturated/α-hetero) is 1. The second-order valence-electron chi connectivity index (χ2n) is 8.61. The fourth-order valence-electron chi connectivity index (χ4n) is 4.05. The summed E-state index contributed by atoms with van der Waals surface area (Å²) in [5.41, 5.74) is 1.93. The smallest absolute Gasteiger partial charge is 0.287 e. The van der Waals surface area contributed by atoms with Crippen LogP contribution in [0, 0.1) is 25.1 Å². The Hall–Kier alpha value is -3.22. The Bertz CT molecular complexity index is 1160. The minimum absolute atomic E-state index is 0.00834. The Morgan fingerprint density at radius 3 is 2.73 bits per heavy atom. The number of carbonyl (C=O) groups excluding carboxylic acids is 2. The van der Waals surface area contributed by atoms with Gasteiger partial charge in [-0.2, -0.15) is 0 Å². The molecule has 1 amide bonds. The van der Waals surface area contributed by atoms with Gasteiger partial charge in [0.05, 0.1) is 11.3 Å². The summed E-state index contributed by atoms with van der Waals surface area (Å²) in [6.45, 7) is 7.69. The summed E-state index contributed by atoms with van der Waals surface area (Å²) in [4.78, 5) is 29.3. The minimum atomic E-state index is -0.414. The van der Waals surface area contributed by atoms with Gasteiger partial charge in [-0.1, -0.05) is 19.9 Å². The van der Waals surface area contributed by atoms with Gasteiger partial charge in [0.1, 0.15) is 17.4 Å². The highest BCUT2D eigenvalue weighted by Crippen LogP contribution is 2.38. The van der Waals surface area contributed by atoms with Gasteiger partial charge >= 0.3 is 0 Å². The Morgan fingerprint density at radius 1 is 1.30 bits per heavy atom. The molecule has 0 saturated carbocycles. The molecule has 3 aromatic rings. The zero-order valence-corrected chi connectivity index (χ0v) is 17.5. The molecule has 7 heteroatoms. The topological polar surface area (TPSA) is 77.1 Å². The molecule has 0 fully saturated rings. The van der Waals surface area contributed by atoms with Gasteiger partial charge in [-0.15, -0.1) is 0 Å². The van der Waals surface area contributed by atoms with Crippen LogP contribution in [0.25, 0.3) is 5.69 Å². The molecule has 2 heterocycles. The number of carbonyl (C=O) groups is 2. The molecule has 2 aromatic heterocycles. The molecule has 1 aliphatic carbocycles. The van der Waals surface area contributed by atoms with Gasteiger partial charge in [0.15, 0.2) is 11.5 Å². The second-order valence-corrected chi connectivity index (χ2v) is 8.61. The lowest BCUT2D eigenvalue weighted by molar-refractivity contribution is 0.0888. The number of aryl methyl sites for hydroxylation is 1. The van der Waals surface area contributed by atoms with Crippen molar-refractivity contribution in [3.05, 3.63) is 70.4 Å². The van der Waals surface area contributed by atoms with Crippen molar-refractivity contribution in [3.63, 3.8) is 0 Å². The first-order valence-corrected chi connectivity index (χ1v) is 9.89. The van der Waals surface area contributed by atoms with Crippen molar-refractivity contribution in [2.24, 2.45) is 5.41 Å². The maximum absolute atomic E-state index is 14.6. The Morgan fingerprint density at radius 2 is 2.07 bits per heavy atom. The number of ketones is 1. The normalized spacial score (nSPS) is 15.2. The number of benzene rings is 1. The standard InChI is InChI=1S/C23H24FN3O3/c1-13-20-18(28)10-23(3,4)11-19(20)30-21(13)22(29)26-12-15-5-6-17(16(24)9-15)27-8-7-25-14(27)2/h5-9H,10-12H2,1-4H3,(H,26,29). The van der Waals surface area contributed by atoms with E-state index in [4.69, 9.17) is 4.42 Å². The number of hydrogen-bond acceptors (Lipinski definition) is 4. The van der Waals surface area contributed by atoms with E-state index in [1.165, 1.54) is 6.07 Å². The molecular formula is C23H24FN3O3. The molecule has 1 aliphatic rings. The van der Waals surface area contributed by atoms with E-state index < -0.39 is 11.7 Å². The van der Waals surface area contributed by atoms with E-state index in [9.17, 15) is 14.0 Å². The van der Waals surface area contributed by atoms with Crippen LogP contribution in [0.3, 0.4) is 0 Å². The first kappa shape index (κ1) is 20.1. The molecule has 30 heavy (non-hydrogen) atoms. The highest BCUT2D eigenvalue weighted by atomic mass is 19.1. The van der Waals surface area contributed by atoms with Crippen LogP contribution in [0.5, 0.6) is 0 Å². The van der Waals surface area contributed by atoms with E-state index in [1.54, 1.807) is 42.9 Å². The first-order chi connectivity index (χ1) is 14.2. The van der Waals surface area contributed by atoms with Gasteiger partial charge < -0.3 is 14.3 Å². The Kier molecular flexibility index (Phi) is 4.84. The summed E-state index contributed by atoms with van der Waals surface area (Å²) < 4.78 is 22.0. The van der Waals surface area contributed by atoms with Crippen LogP contribution >= 0.6 is 0 Å².